The van der Waals surface area contributed by atoms with E-state index in [9.17, 15) is 0 Å². The molecule has 0 fully saturated rings. The van der Waals surface area contributed by atoms with Crippen LogP contribution in [0.25, 0.3) is 0 Å². The highest BCUT2D eigenvalue weighted by Gasteiger charge is 2.03. The standard InChI is InChI=1S/C15H13NOS/c1-11-9-13(17-2)5-8-15(11)18-14-6-3-12(10-16)4-7-14/h3-9H,1-2H3. The molecule has 0 bridgehead atoms. The Balaban J connectivity index is 2.20. The van der Waals surface area contributed by atoms with E-state index < -0.39 is 0 Å². The van der Waals surface area contributed by atoms with E-state index in [4.69, 9.17) is 10.00 Å². The summed E-state index contributed by atoms with van der Waals surface area (Å²) in [6.45, 7) is 2.06. The van der Waals surface area contributed by atoms with Crippen molar-refractivity contribution in [3.8, 4) is 11.8 Å². The summed E-state index contributed by atoms with van der Waals surface area (Å²) in [4.78, 5) is 2.32. The van der Waals surface area contributed by atoms with E-state index in [0.29, 0.717) is 5.56 Å². The maximum Gasteiger partial charge on any atom is 0.119 e. The summed E-state index contributed by atoms with van der Waals surface area (Å²) in [5.41, 5.74) is 1.87. The van der Waals surface area contributed by atoms with Crippen LogP contribution >= 0.6 is 11.8 Å². The minimum atomic E-state index is 0.686. The summed E-state index contributed by atoms with van der Waals surface area (Å²) >= 11 is 1.69. The maximum atomic E-state index is 8.75. The van der Waals surface area contributed by atoms with Gasteiger partial charge < -0.3 is 4.74 Å². The minimum Gasteiger partial charge on any atom is -0.497 e. The maximum absolute atomic E-state index is 8.75. The molecule has 2 nitrogen and oxygen atoms in total. The predicted molar refractivity (Wildman–Crippen MR) is 73.0 cm³/mol. The number of ether oxygens (including phenoxy) is 1. The Kier molecular flexibility index (Phi) is 3.91. The molecule has 0 spiro atoms. The molecular weight excluding hydrogens is 242 g/mol. The van der Waals surface area contributed by atoms with E-state index in [2.05, 4.69) is 19.1 Å². The summed E-state index contributed by atoms with van der Waals surface area (Å²) in [5, 5.41) is 8.75. The van der Waals surface area contributed by atoms with Gasteiger partial charge in [-0.25, -0.2) is 0 Å². The normalized spacial score (nSPS) is 9.83. The van der Waals surface area contributed by atoms with Crippen LogP contribution in [0.4, 0.5) is 0 Å². The second-order valence-electron chi connectivity index (χ2n) is 3.87. The van der Waals surface area contributed by atoms with Gasteiger partial charge in [-0.15, -0.1) is 0 Å². The molecule has 3 heteroatoms. The van der Waals surface area contributed by atoms with Crippen molar-refractivity contribution in [3.63, 3.8) is 0 Å². The Bertz CT molecular complexity index is 584. The molecule has 0 saturated heterocycles. The number of hydrogen-bond donors (Lipinski definition) is 0. The molecule has 0 unspecified atom stereocenters. The average Bonchev–Trinajstić information content (AvgIpc) is 2.42. The lowest BCUT2D eigenvalue weighted by molar-refractivity contribution is 0.414. The van der Waals surface area contributed by atoms with Crippen LogP contribution in [0.3, 0.4) is 0 Å². The molecule has 0 amide bonds. The molecule has 0 saturated carbocycles. The van der Waals surface area contributed by atoms with Crippen molar-refractivity contribution in [2.75, 3.05) is 7.11 Å². The smallest absolute Gasteiger partial charge is 0.119 e. The van der Waals surface area contributed by atoms with E-state index in [1.165, 1.54) is 10.5 Å². The van der Waals surface area contributed by atoms with Gasteiger partial charge in [0.1, 0.15) is 5.75 Å². The first-order chi connectivity index (χ1) is 8.72. The van der Waals surface area contributed by atoms with Crippen molar-refractivity contribution in [2.24, 2.45) is 0 Å². The quantitative estimate of drug-likeness (QED) is 0.830. The Morgan fingerprint density at radius 1 is 1.11 bits per heavy atom. The minimum absolute atomic E-state index is 0.686. The van der Waals surface area contributed by atoms with Crippen LogP contribution in [0, 0.1) is 18.3 Å². The van der Waals surface area contributed by atoms with Crippen molar-refractivity contribution in [1.82, 2.24) is 0 Å². The SMILES string of the molecule is COc1ccc(Sc2ccc(C#N)cc2)c(C)c1. The predicted octanol–water partition coefficient (Wildman–Crippen LogP) is 4.03. The van der Waals surface area contributed by atoms with Gasteiger partial charge in [-0.05, 0) is 55.0 Å². The Hall–Kier alpha value is -1.92. The van der Waals surface area contributed by atoms with Crippen LogP contribution in [0.5, 0.6) is 5.75 Å². The topological polar surface area (TPSA) is 33.0 Å². The molecule has 18 heavy (non-hydrogen) atoms. The molecular formula is C15H13NOS. The van der Waals surface area contributed by atoms with Gasteiger partial charge in [0.25, 0.3) is 0 Å². The van der Waals surface area contributed by atoms with Gasteiger partial charge in [-0.3, -0.25) is 0 Å². The van der Waals surface area contributed by atoms with E-state index in [0.717, 1.165) is 10.6 Å². The van der Waals surface area contributed by atoms with Gasteiger partial charge >= 0.3 is 0 Å². The summed E-state index contributed by atoms with van der Waals surface area (Å²) in [5.74, 6) is 0.872. The highest BCUT2D eigenvalue weighted by atomic mass is 32.2. The molecule has 2 rings (SSSR count). The van der Waals surface area contributed by atoms with Crippen molar-refractivity contribution < 1.29 is 4.74 Å². The molecule has 2 aromatic carbocycles. The lowest BCUT2D eigenvalue weighted by Gasteiger charge is -2.07. The molecule has 0 aromatic heterocycles. The number of methoxy groups -OCH3 is 1. The number of nitriles is 1. The van der Waals surface area contributed by atoms with Gasteiger partial charge in [0.15, 0.2) is 0 Å². The summed E-state index contributed by atoms with van der Waals surface area (Å²) in [7, 11) is 1.67. The zero-order valence-electron chi connectivity index (χ0n) is 10.3. The van der Waals surface area contributed by atoms with Crippen LogP contribution in [-0.4, -0.2) is 7.11 Å². The fraction of sp³-hybridized carbons (Fsp3) is 0.133. The van der Waals surface area contributed by atoms with Crippen molar-refractivity contribution in [3.05, 3.63) is 53.6 Å². The lowest BCUT2D eigenvalue weighted by Crippen LogP contribution is -1.85. The van der Waals surface area contributed by atoms with Crippen molar-refractivity contribution in [2.45, 2.75) is 16.7 Å². The van der Waals surface area contributed by atoms with E-state index in [1.807, 2.05) is 36.4 Å². The first-order valence-corrected chi connectivity index (χ1v) is 6.37. The van der Waals surface area contributed by atoms with E-state index >= 15 is 0 Å². The Morgan fingerprint density at radius 2 is 1.83 bits per heavy atom. The molecule has 0 aliphatic heterocycles. The van der Waals surface area contributed by atoms with Crippen LogP contribution in [0.15, 0.2) is 52.3 Å². The Labute approximate surface area is 111 Å². The summed E-state index contributed by atoms with van der Waals surface area (Å²) in [6, 6.07) is 15.7. The van der Waals surface area contributed by atoms with Crippen LogP contribution in [0.1, 0.15) is 11.1 Å². The first kappa shape index (κ1) is 12.5. The van der Waals surface area contributed by atoms with Crippen LogP contribution in [0.2, 0.25) is 0 Å². The number of nitrogens with zero attached hydrogens (tertiary/aromatic N) is 1. The zero-order chi connectivity index (χ0) is 13.0. The zero-order valence-corrected chi connectivity index (χ0v) is 11.1. The molecule has 0 atom stereocenters. The number of aryl methyl sites for hydroxylation is 1. The summed E-state index contributed by atoms with van der Waals surface area (Å²) in [6.07, 6.45) is 0. The lowest BCUT2D eigenvalue weighted by atomic mass is 10.2. The fourth-order valence-corrected chi connectivity index (χ4v) is 2.47. The van der Waals surface area contributed by atoms with Gasteiger partial charge in [-0.2, -0.15) is 5.26 Å². The van der Waals surface area contributed by atoms with Crippen LogP contribution in [-0.2, 0) is 0 Å². The van der Waals surface area contributed by atoms with E-state index in [1.54, 1.807) is 18.9 Å². The Morgan fingerprint density at radius 3 is 2.39 bits per heavy atom. The largest absolute Gasteiger partial charge is 0.497 e. The number of hydrogen-bond acceptors (Lipinski definition) is 3. The molecule has 0 aliphatic rings. The molecule has 90 valence electrons. The van der Waals surface area contributed by atoms with Gasteiger partial charge in [-0.1, -0.05) is 11.8 Å². The second-order valence-corrected chi connectivity index (χ2v) is 4.99. The molecule has 0 aliphatic carbocycles. The highest BCUT2D eigenvalue weighted by Crippen LogP contribution is 2.32. The van der Waals surface area contributed by atoms with Crippen molar-refractivity contribution >= 4 is 11.8 Å². The number of benzene rings is 2. The van der Waals surface area contributed by atoms with Gasteiger partial charge in [0.05, 0.1) is 18.7 Å². The third-order valence-corrected chi connectivity index (χ3v) is 3.78. The third-order valence-electron chi connectivity index (χ3n) is 2.59. The van der Waals surface area contributed by atoms with Gasteiger partial charge in [0, 0.05) is 9.79 Å². The number of rotatable bonds is 3. The molecule has 0 N–H and O–H groups in total. The monoisotopic (exact) mass is 255 g/mol. The summed E-state index contributed by atoms with van der Waals surface area (Å²) < 4.78 is 5.19. The molecule has 2 aromatic rings. The van der Waals surface area contributed by atoms with Crippen molar-refractivity contribution in [1.29, 1.82) is 5.26 Å². The average molecular weight is 255 g/mol. The van der Waals surface area contributed by atoms with Gasteiger partial charge in [0.2, 0.25) is 0 Å². The van der Waals surface area contributed by atoms with Crippen LogP contribution < -0.4 is 4.74 Å². The first-order valence-electron chi connectivity index (χ1n) is 5.55. The highest BCUT2D eigenvalue weighted by molar-refractivity contribution is 7.99. The molecule has 0 heterocycles. The second kappa shape index (κ2) is 5.61. The fourth-order valence-electron chi connectivity index (χ4n) is 1.59. The molecule has 0 radical (unpaired) electrons. The van der Waals surface area contributed by atoms with E-state index in [-0.39, 0.29) is 0 Å². The third kappa shape index (κ3) is 2.85.